The highest BCUT2D eigenvalue weighted by Crippen LogP contribution is 2.25. The molecule has 5 nitrogen and oxygen atoms in total. The van der Waals surface area contributed by atoms with Gasteiger partial charge in [-0.25, -0.2) is 0 Å². The number of hydrogen-bond donors (Lipinski definition) is 1. The third-order valence-electron chi connectivity index (χ3n) is 2.45. The Labute approximate surface area is 98.8 Å². The molecule has 2 aromatic rings. The molecule has 0 aliphatic rings. The first kappa shape index (κ1) is 12.0. The van der Waals surface area contributed by atoms with Crippen molar-refractivity contribution in [3.05, 3.63) is 36.2 Å². The summed E-state index contributed by atoms with van der Waals surface area (Å²) in [6, 6.07) is 4.53. The van der Waals surface area contributed by atoms with E-state index < -0.39 is 10.1 Å². The minimum absolute atomic E-state index is 0.116. The first-order valence-electron chi connectivity index (χ1n) is 4.86. The lowest BCUT2D eigenvalue weighted by Crippen LogP contribution is -2.01. The molecule has 0 spiro atoms. The van der Waals surface area contributed by atoms with Crippen LogP contribution in [0.5, 0.6) is 0 Å². The maximum atomic E-state index is 11.2. The molecule has 17 heavy (non-hydrogen) atoms. The van der Waals surface area contributed by atoms with E-state index in [1.54, 1.807) is 25.4 Å². The molecule has 0 saturated heterocycles. The molecule has 0 atom stereocenters. The van der Waals surface area contributed by atoms with Crippen LogP contribution in [0.25, 0.3) is 10.8 Å². The average Bonchev–Trinajstić information content (AvgIpc) is 2.28. The van der Waals surface area contributed by atoms with Gasteiger partial charge in [0.25, 0.3) is 10.1 Å². The SMILES string of the molecule is COCc1ccc(S(=O)(=O)O)c2ccncc12. The minimum Gasteiger partial charge on any atom is -0.380 e. The molecule has 0 aliphatic carbocycles. The number of methoxy groups -OCH3 is 1. The van der Waals surface area contributed by atoms with Gasteiger partial charge in [0.15, 0.2) is 0 Å². The summed E-state index contributed by atoms with van der Waals surface area (Å²) in [4.78, 5) is 3.83. The zero-order valence-corrected chi connectivity index (χ0v) is 9.94. The third kappa shape index (κ3) is 2.28. The fourth-order valence-corrected chi connectivity index (χ4v) is 2.42. The normalized spacial score (nSPS) is 11.9. The monoisotopic (exact) mass is 253 g/mol. The molecule has 0 unspecified atom stereocenters. The van der Waals surface area contributed by atoms with E-state index in [2.05, 4.69) is 4.98 Å². The Morgan fingerprint density at radius 1 is 1.29 bits per heavy atom. The summed E-state index contributed by atoms with van der Waals surface area (Å²) in [5.41, 5.74) is 0.822. The Morgan fingerprint density at radius 2 is 2.06 bits per heavy atom. The van der Waals surface area contributed by atoms with Crippen molar-refractivity contribution < 1.29 is 17.7 Å². The molecule has 0 bridgehead atoms. The van der Waals surface area contributed by atoms with Gasteiger partial charge in [0, 0.05) is 30.3 Å². The number of nitrogens with zero attached hydrogens (tertiary/aromatic N) is 1. The molecular weight excluding hydrogens is 242 g/mol. The van der Waals surface area contributed by atoms with Crippen LogP contribution in [0, 0.1) is 0 Å². The van der Waals surface area contributed by atoms with Crippen LogP contribution in [-0.2, 0) is 21.5 Å². The second-order valence-electron chi connectivity index (χ2n) is 3.55. The number of hydrogen-bond acceptors (Lipinski definition) is 4. The fourth-order valence-electron chi connectivity index (χ4n) is 1.73. The quantitative estimate of drug-likeness (QED) is 0.841. The fraction of sp³-hybridized carbons (Fsp3) is 0.182. The Morgan fingerprint density at radius 3 is 2.71 bits per heavy atom. The van der Waals surface area contributed by atoms with Crippen LogP contribution in [0.4, 0.5) is 0 Å². The number of rotatable bonds is 3. The Balaban J connectivity index is 2.80. The van der Waals surface area contributed by atoms with Crippen molar-refractivity contribution in [1.29, 1.82) is 0 Å². The highest BCUT2D eigenvalue weighted by Gasteiger charge is 2.15. The predicted molar refractivity (Wildman–Crippen MR) is 62.3 cm³/mol. The van der Waals surface area contributed by atoms with Gasteiger partial charge >= 0.3 is 0 Å². The lowest BCUT2D eigenvalue weighted by Gasteiger charge is -2.08. The molecule has 0 radical (unpaired) electrons. The molecule has 0 aliphatic heterocycles. The molecule has 0 saturated carbocycles. The van der Waals surface area contributed by atoms with E-state index in [1.807, 2.05) is 0 Å². The van der Waals surface area contributed by atoms with Gasteiger partial charge in [0.1, 0.15) is 4.90 Å². The van der Waals surface area contributed by atoms with Crippen LogP contribution in [-0.4, -0.2) is 25.1 Å². The van der Waals surface area contributed by atoms with Gasteiger partial charge in [-0.05, 0) is 17.7 Å². The average molecular weight is 253 g/mol. The van der Waals surface area contributed by atoms with Crippen LogP contribution in [0.1, 0.15) is 5.56 Å². The molecule has 90 valence electrons. The molecule has 6 heteroatoms. The van der Waals surface area contributed by atoms with Crippen LogP contribution in [0.3, 0.4) is 0 Å². The van der Waals surface area contributed by atoms with Gasteiger partial charge in [-0.2, -0.15) is 8.42 Å². The molecule has 2 rings (SSSR count). The van der Waals surface area contributed by atoms with Gasteiger partial charge in [-0.1, -0.05) is 6.07 Å². The molecule has 0 amide bonds. The van der Waals surface area contributed by atoms with Crippen molar-refractivity contribution in [3.63, 3.8) is 0 Å². The summed E-state index contributed by atoms with van der Waals surface area (Å²) in [7, 11) is -2.68. The molecule has 0 fully saturated rings. The van der Waals surface area contributed by atoms with Crippen LogP contribution < -0.4 is 0 Å². The number of aromatic nitrogens is 1. The summed E-state index contributed by atoms with van der Waals surface area (Å²) >= 11 is 0. The maximum absolute atomic E-state index is 11.2. The molecule has 1 N–H and O–H groups in total. The van der Waals surface area contributed by atoms with Crippen molar-refractivity contribution in [2.45, 2.75) is 11.5 Å². The lowest BCUT2D eigenvalue weighted by molar-refractivity contribution is 0.186. The first-order chi connectivity index (χ1) is 8.04. The maximum Gasteiger partial charge on any atom is 0.295 e. The molecular formula is C11H11NO4S. The number of fused-ring (bicyclic) bond motifs is 1. The Bertz CT molecular complexity index is 652. The second kappa shape index (κ2) is 4.40. The molecule has 1 aromatic heterocycles. The van der Waals surface area contributed by atoms with Gasteiger partial charge in [0.2, 0.25) is 0 Å². The smallest absolute Gasteiger partial charge is 0.295 e. The summed E-state index contributed by atoms with van der Waals surface area (Å²) in [6.45, 7) is 0.355. The Hall–Kier alpha value is -1.50. The van der Waals surface area contributed by atoms with Crippen LogP contribution in [0.15, 0.2) is 35.5 Å². The summed E-state index contributed by atoms with van der Waals surface area (Å²) < 4.78 is 36.6. The van der Waals surface area contributed by atoms with Crippen molar-refractivity contribution in [1.82, 2.24) is 4.98 Å². The zero-order valence-electron chi connectivity index (χ0n) is 9.12. The van der Waals surface area contributed by atoms with E-state index in [9.17, 15) is 8.42 Å². The van der Waals surface area contributed by atoms with E-state index in [0.29, 0.717) is 17.4 Å². The highest BCUT2D eigenvalue weighted by atomic mass is 32.2. The number of pyridine rings is 1. The van der Waals surface area contributed by atoms with Gasteiger partial charge < -0.3 is 4.74 Å². The third-order valence-corrected chi connectivity index (χ3v) is 3.36. The second-order valence-corrected chi connectivity index (χ2v) is 4.94. The first-order valence-corrected chi connectivity index (χ1v) is 6.30. The van der Waals surface area contributed by atoms with E-state index in [1.165, 1.54) is 12.3 Å². The summed E-state index contributed by atoms with van der Waals surface area (Å²) in [6.07, 6.45) is 3.03. The Kier molecular flexibility index (Phi) is 3.10. The van der Waals surface area contributed by atoms with Crippen LogP contribution in [0.2, 0.25) is 0 Å². The van der Waals surface area contributed by atoms with Gasteiger partial charge in [-0.15, -0.1) is 0 Å². The van der Waals surface area contributed by atoms with Crippen molar-refractivity contribution in [2.75, 3.05) is 7.11 Å². The minimum atomic E-state index is -4.23. The summed E-state index contributed by atoms with van der Waals surface area (Å²) in [5.74, 6) is 0. The zero-order chi connectivity index (χ0) is 12.5. The van der Waals surface area contributed by atoms with Crippen molar-refractivity contribution in [2.24, 2.45) is 0 Å². The van der Waals surface area contributed by atoms with E-state index in [0.717, 1.165) is 5.56 Å². The largest absolute Gasteiger partial charge is 0.380 e. The topological polar surface area (TPSA) is 76.5 Å². The summed E-state index contributed by atoms with van der Waals surface area (Å²) in [5, 5.41) is 1.10. The highest BCUT2D eigenvalue weighted by molar-refractivity contribution is 7.86. The molecule has 1 heterocycles. The molecule has 1 aromatic carbocycles. The predicted octanol–water partition coefficient (Wildman–Crippen LogP) is 1.63. The lowest BCUT2D eigenvalue weighted by atomic mass is 10.1. The van der Waals surface area contributed by atoms with Gasteiger partial charge in [-0.3, -0.25) is 9.54 Å². The number of ether oxygens (including phenoxy) is 1. The van der Waals surface area contributed by atoms with E-state index in [4.69, 9.17) is 9.29 Å². The van der Waals surface area contributed by atoms with E-state index in [-0.39, 0.29) is 4.90 Å². The van der Waals surface area contributed by atoms with Crippen molar-refractivity contribution in [3.8, 4) is 0 Å². The standard InChI is InChI=1S/C11H11NO4S/c1-16-7-8-2-3-11(17(13,14)15)9-4-5-12-6-10(8)9/h2-6H,7H2,1H3,(H,13,14,15). The van der Waals surface area contributed by atoms with Crippen LogP contribution >= 0.6 is 0 Å². The van der Waals surface area contributed by atoms with E-state index >= 15 is 0 Å². The van der Waals surface area contributed by atoms with Gasteiger partial charge in [0.05, 0.1) is 6.61 Å². The number of benzene rings is 1. The van der Waals surface area contributed by atoms with Crippen molar-refractivity contribution >= 4 is 20.9 Å².